The summed E-state index contributed by atoms with van der Waals surface area (Å²) in [6.07, 6.45) is 2.43. The Morgan fingerprint density at radius 2 is 1.95 bits per heavy atom. The number of hydrogen-bond acceptors (Lipinski definition) is 3. The molecule has 0 saturated carbocycles. The van der Waals surface area contributed by atoms with Gasteiger partial charge in [-0.05, 0) is 36.0 Å². The van der Waals surface area contributed by atoms with Crippen molar-refractivity contribution in [2.45, 2.75) is 26.2 Å². The highest BCUT2D eigenvalue weighted by Gasteiger charge is 2.27. The van der Waals surface area contributed by atoms with Crippen LogP contribution in [0, 0.1) is 5.41 Å². The Hall–Kier alpha value is -1.55. The molecular weight excluding hydrogens is 254 g/mol. The normalized spacial score (nSPS) is 17.5. The zero-order valence-corrected chi connectivity index (χ0v) is 12.3. The van der Waals surface area contributed by atoms with Crippen molar-refractivity contribution in [3.63, 3.8) is 0 Å². The molecule has 0 spiro atoms. The monoisotopic (exact) mass is 277 g/mol. The third-order valence-electron chi connectivity index (χ3n) is 3.94. The lowest BCUT2D eigenvalue weighted by atomic mass is 9.82. The number of hydrogen-bond donors (Lipinski definition) is 1. The fourth-order valence-electron chi connectivity index (χ4n) is 2.34. The van der Waals surface area contributed by atoms with Crippen LogP contribution in [0.1, 0.15) is 25.3 Å². The van der Waals surface area contributed by atoms with Crippen molar-refractivity contribution in [1.29, 1.82) is 0 Å². The number of nitrogens with one attached hydrogen (secondary N) is 1. The van der Waals surface area contributed by atoms with Gasteiger partial charge in [0.15, 0.2) is 0 Å². The second kappa shape index (κ2) is 6.75. The molecule has 1 aromatic rings. The fourth-order valence-corrected chi connectivity index (χ4v) is 2.34. The number of carbonyl (C=O) groups is 1. The maximum Gasteiger partial charge on any atom is 0.224 e. The van der Waals surface area contributed by atoms with Crippen LogP contribution in [0.25, 0.3) is 0 Å². The Morgan fingerprint density at radius 1 is 1.30 bits per heavy atom. The highest BCUT2D eigenvalue weighted by Crippen LogP contribution is 2.28. The summed E-state index contributed by atoms with van der Waals surface area (Å²) in [5, 5.41) is 3.04. The van der Waals surface area contributed by atoms with Crippen LogP contribution < -0.4 is 10.1 Å². The summed E-state index contributed by atoms with van der Waals surface area (Å²) >= 11 is 0. The quantitative estimate of drug-likeness (QED) is 0.897. The maximum absolute atomic E-state index is 12.0. The van der Waals surface area contributed by atoms with Gasteiger partial charge in [0.1, 0.15) is 5.75 Å². The predicted octanol–water partition coefficient (Wildman–Crippen LogP) is 2.17. The summed E-state index contributed by atoms with van der Waals surface area (Å²) in [6, 6.07) is 7.61. The number of ether oxygens (including phenoxy) is 2. The Balaban J connectivity index is 1.79. The number of rotatable bonds is 5. The van der Waals surface area contributed by atoms with Crippen LogP contribution >= 0.6 is 0 Å². The molecule has 0 radical (unpaired) electrons. The largest absolute Gasteiger partial charge is 0.497 e. The predicted molar refractivity (Wildman–Crippen MR) is 77.9 cm³/mol. The Kier molecular flexibility index (Phi) is 5.01. The van der Waals surface area contributed by atoms with Gasteiger partial charge in [-0.25, -0.2) is 0 Å². The van der Waals surface area contributed by atoms with Crippen LogP contribution in [-0.2, 0) is 16.0 Å². The smallest absolute Gasteiger partial charge is 0.224 e. The summed E-state index contributed by atoms with van der Waals surface area (Å²) in [5.74, 6) is 0.881. The van der Waals surface area contributed by atoms with Crippen molar-refractivity contribution in [2.75, 3.05) is 26.9 Å². The molecule has 4 heteroatoms. The highest BCUT2D eigenvalue weighted by molar-refractivity contribution is 5.78. The lowest BCUT2D eigenvalue weighted by Gasteiger charge is -2.33. The average Bonchev–Trinajstić information content (AvgIpc) is 2.47. The van der Waals surface area contributed by atoms with Crippen LogP contribution in [0.2, 0.25) is 0 Å². The van der Waals surface area contributed by atoms with Crippen LogP contribution in [0.15, 0.2) is 24.3 Å². The first kappa shape index (κ1) is 14.9. The number of benzene rings is 1. The van der Waals surface area contributed by atoms with Crippen molar-refractivity contribution in [2.24, 2.45) is 5.41 Å². The van der Waals surface area contributed by atoms with Crippen LogP contribution in [0.5, 0.6) is 5.75 Å². The SMILES string of the molecule is COc1ccc(CC(=O)NCC2(C)CCOCC2)cc1. The van der Waals surface area contributed by atoms with E-state index < -0.39 is 0 Å². The highest BCUT2D eigenvalue weighted by atomic mass is 16.5. The van der Waals surface area contributed by atoms with Crippen LogP contribution in [0.4, 0.5) is 0 Å². The standard InChI is InChI=1S/C16H23NO3/c1-16(7-9-20-10-8-16)12-17-15(18)11-13-3-5-14(19-2)6-4-13/h3-6H,7-12H2,1-2H3,(H,17,18). The molecule has 2 rings (SSSR count). The molecule has 1 saturated heterocycles. The van der Waals surface area contributed by atoms with Crippen LogP contribution in [0.3, 0.4) is 0 Å². The molecule has 0 aromatic heterocycles. The van der Waals surface area contributed by atoms with E-state index in [1.165, 1.54) is 0 Å². The number of methoxy groups -OCH3 is 1. The van der Waals surface area contributed by atoms with E-state index in [1.807, 2.05) is 24.3 Å². The molecule has 1 aliphatic rings. The van der Waals surface area contributed by atoms with Gasteiger partial charge in [0.05, 0.1) is 13.5 Å². The third-order valence-corrected chi connectivity index (χ3v) is 3.94. The molecule has 1 heterocycles. The minimum absolute atomic E-state index is 0.0721. The van der Waals surface area contributed by atoms with E-state index >= 15 is 0 Å². The van der Waals surface area contributed by atoms with Crippen molar-refractivity contribution in [1.82, 2.24) is 5.32 Å². The molecule has 20 heavy (non-hydrogen) atoms. The molecule has 0 aliphatic carbocycles. The minimum Gasteiger partial charge on any atom is -0.497 e. The van der Waals surface area contributed by atoms with Gasteiger partial charge in [-0.3, -0.25) is 4.79 Å². The zero-order valence-electron chi connectivity index (χ0n) is 12.3. The number of amides is 1. The molecule has 1 aromatic carbocycles. The topological polar surface area (TPSA) is 47.6 Å². The molecule has 110 valence electrons. The Morgan fingerprint density at radius 3 is 2.55 bits per heavy atom. The van der Waals surface area contributed by atoms with Gasteiger partial charge < -0.3 is 14.8 Å². The second-order valence-electron chi connectivity index (χ2n) is 5.72. The van der Waals surface area contributed by atoms with Crippen molar-refractivity contribution >= 4 is 5.91 Å². The second-order valence-corrected chi connectivity index (χ2v) is 5.72. The first-order valence-electron chi connectivity index (χ1n) is 7.09. The van der Waals surface area contributed by atoms with Crippen molar-refractivity contribution in [3.05, 3.63) is 29.8 Å². The summed E-state index contributed by atoms with van der Waals surface area (Å²) in [4.78, 5) is 12.0. The van der Waals surface area contributed by atoms with Crippen LogP contribution in [-0.4, -0.2) is 32.8 Å². The van der Waals surface area contributed by atoms with Gasteiger partial charge in [-0.15, -0.1) is 0 Å². The van der Waals surface area contributed by atoms with E-state index in [9.17, 15) is 4.79 Å². The van der Waals surface area contributed by atoms with E-state index in [0.717, 1.165) is 43.9 Å². The number of carbonyl (C=O) groups excluding carboxylic acids is 1. The molecular formula is C16H23NO3. The van der Waals surface area contributed by atoms with Gasteiger partial charge in [-0.2, -0.15) is 0 Å². The van der Waals surface area contributed by atoms with Gasteiger partial charge in [0, 0.05) is 19.8 Å². The van der Waals surface area contributed by atoms with Crippen molar-refractivity contribution in [3.8, 4) is 5.75 Å². The van der Waals surface area contributed by atoms with E-state index in [-0.39, 0.29) is 11.3 Å². The fraction of sp³-hybridized carbons (Fsp3) is 0.562. The average molecular weight is 277 g/mol. The lowest BCUT2D eigenvalue weighted by molar-refractivity contribution is -0.121. The molecule has 0 bridgehead atoms. The first-order valence-corrected chi connectivity index (χ1v) is 7.09. The first-order chi connectivity index (χ1) is 9.61. The summed E-state index contributed by atoms with van der Waals surface area (Å²) < 4.78 is 10.5. The molecule has 0 atom stereocenters. The van der Waals surface area contributed by atoms with Gasteiger partial charge in [0.25, 0.3) is 0 Å². The summed E-state index contributed by atoms with van der Waals surface area (Å²) in [7, 11) is 1.64. The molecule has 1 aliphatic heterocycles. The lowest BCUT2D eigenvalue weighted by Crippen LogP contribution is -2.39. The summed E-state index contributed by atoms with van der Waals surface area (Å²) in [6.45, 7) is 4.53. The maximum atomic E-state index is 12.0. The Bertz CT molecular complexity index is 436. The van der Waals surface area contributed by atoms with E-state index in [0.29, 0.717) is 6.42 Å². The molecule has 0 unspecified atom stereocenters. The molecule has 4 nitrogen and oxygen atoms in total. The zero-order chi connectivity index (χ0) is 14.4. The minimum atomic E-state index is 0.0721. The summed E-state index contributed by atoms with van der Waals surface area (Å²) in [5.41, 5.74) is 1.17. The van der Waals surface area contributed by atoms with Crippen molar-refractivity contribution < 1.29 is 14.3 Å². The molecule has 1 N–H and O–H groups in total. The Labute approximate surface area is 120 Å². The van der Waals surface area contributed by atoms with Gasteiger partial charge in [0.2, 0.25) is 5.91 Å². The van der Waals surface area contributed by atoms with E-state index in [1.54, 1.807) is 7.11 Å². The van der Waals surface area contributed by atoms with E-state index in [2.05, 4.69) is 12.2 Å². The van der Waals surface area contributed by atoms with Gasteiger partial charge >= 0.3 is 0 Å². The third kappa shape index (κ3) is 4.23. The van der Waals surface area contributed by atoms with E-state index in [4.69, 9.17) is 9.47 Å². The molecule has 1 amide bonds. The molecule has 1 fully saturated rings. The van der Waals surface area contributed by atoms with Gasteiger partial charge in [-0.1, -0.05) is 19.1 Å².